The predicted molar refractivity (Wildman–Crippen MR) is 108 cm³/mol. The molecule has 0 unspecified atom stereocenters. The lowest BCUT2D eigenvalue weighted by Gasteiger charge is -2.30. The van der Waals surface area contributed by atoms with Gasteiger partial charge in [0, 0.05) is 18.7 Å². The van der Waals surface area contributed by atoms with Crippen molar-refractivity contribution in [3.63, 3.8) is 0 Å². The number of rotatable bonds is 4. The molecule has 1 aromatic carbocycles. The Bertz CT molecular complexity index is 931. The lowest BCUT2D eigenvalue weighted by Crippen LogP contribution is -2.36. The van der Waals surface area contributed by atoms with Crippen LogP contribution >= 0.6 is 23.2 Å². The molecule has 0 radical (unpaired) electrons. The van der Waals surface area contributed by atoms with Crippen LogP contribution < -0.4 is 0 Å². The number of fused-ring (bicyclic) bond motifs is 1. The monoisotopic (exact) mass is 419 g/mol. The minimum Gasteiger partial charge on any atom is -0.497 e. The Kier molecular flexibility index (Phi) is 6.27. The van der Waals surface area contributed by atoms with Crippen molar-refractivity contribution in [2.75, 3.05) is 20.3 Å². The molecule has 3 rings (SSSR count). The molecule has 2 aliphatic heterocycles. The topological polar surface area (TPSA) is 55.8 Å². The Labute approximate surface area is 173 Å². The average molecular weight is 420 g/mol. The Morgan fingerprint density at radius 2 is 2.14 bits per heavy atom. The van der Waals surface area contributed by atoms with E-state index in [1.165, 1.54) is 13.2 Å². The molecule has 2 heterocycles. The molecule has 0 spiro atoms. The summed E-state index contributed by atoms with van der Waals surface area (Å²) in [6.45, 7) is 5.06. The molecule has 5 nitrogen and oxygen atoms in total. The van der Waals surface area contributed by atoms with E-state index in [9.17, 15) is 9.59 Å². The summed E-state index contributed by atoms with van der Waals surface area (Å²) in [7, 11) is 1.28. The predicted octanol–water partition coefficient (Wildman–Crippen LogP) is 4.25. The number of nitrogens with zero attached hydrogens (tertiary/aromatic N) is 1. The zero-order valence-corrected chi connectivity index (χ0v) is 16.8. The van der Waals surface area contributed by atoms with Crippen LogP contribution in [0.25, 0.3) is 0 Å². The van der Waals surface area contributed by atoms with Gasteiger partial charge in [0.2, 0.25) is 0 Å². The SMILES string of the molecule is C=C/C(=C\C=C1\C=COC1)C(=O)N1CCc2c(cc(Cl)c(C(=O)OC)c2Cl)C1. The minimum absolute atomic E-state index is 0.135. The Hall–Kier alpha value is -2.50. The minimum atomic E-state index is -0.578. The first-order valence-electron chi connectivity index (χ1n) is 8.65. The van der Waals surface area contributed by atoms with Crippen molar-refractivity contribution in [3.05, 3.63) is 81.1 Å². The van der Waals surface area contributed by atoms with Crippen LogP contribution in [0.15, 0.2) is 54.4 Å². The van der Waals surface area contributed by atoms with Crippen LogP contribution in [0.1, 0.15) is 21.5 Å². The van der Waals surface area contributed by atoms with Gasteiger partial charge in [0.15, 0.2) is 0 Å². The number of esters is 1. The number of benzene rings is 1. The number of amides is 1. The number of methoxy groups -OCH3 is 1. The second-order valence-electron chi connectivity index (χ2n) is 6.33. The van der Waals surface area contributed by atoms with Gasteiger partial charge in [-0.3, -0.25) is 4.79 Å². The van der Waals surface area contributed by atoms with Gasteiger partial charge in [-0.1, -0.05) is 41.9 Å². The van der Waals surface area contributed by atoms with Crippen molar-refractivity contribution in [3.8, 4) is 0 Å². The highest BCUT2D eigenvalue weighted by atomic mass is 35.5. The second-order valence-corrected chi connectivity index (χ2v) is 7.12. The summed E-state index contributed by atoms with van der Waals surface area (Å²) in [6, 6.07) is 1.67. The fourth-order valence-corrected chi connectivity index (χ4v) is 3.90. The third kappa shape index (κ3) is 4.01. The summed E-state index contributed by atoms with van der Waals surface area (Å²) in [5.41, 5.74) is 3.25. The first kappa shape index (κ1) is 20.2. The molecule has 0 saturated heterocycles. The van der Waals surface area contributed by atoms with Gasteiger partial charge in [-0.25, -0.2) is 4.79 Å². The van der Waals surface area contributed by atoms with Gasteiger partial charge in [-0.2, -0.15) is 0 Å². The van der Waals surface area contributed by atoms with Crippen LogP contribution in [0.5, 0.6) is 0 Å². The summed E-state index contributed by atoms with van der Waals surface area (Å²) in [5, 5.41) is 0.501. The van der Waals surface area contributed by atoms with E-state index in [2.05, 4.69) is 6.58 Å². The summed E-state index contributed by atoms with van der Waals surface area (Å²) < 4.78 is 9.89. The van der Waals surface area contributed by atoms with Gasteiger partial charge >= 0.3 is 5.97 Å². The van der Waals surface area contributed by atoms with Crippen LogP contribution in [-0.2, 0) is 27.2 Å². The van der Waals surface area contributed by atoms with Crippen LogP contribution in [0.3, 0.4) is 0 Å². The van der Waals surface area contributed by atoms with E-state index in [1.54, 1.807) is 23.3 Å². The molecule has 0 fully saturated rings. The maximum atomic E-state index is 12.9. The molecule has 0 saturated carbocycles. The average Bonchev–Trinajstić information content (AvgIpc) is 3.21. The van der Waals surface area contributed by atoms with E-state index in [0.717, 1.165) is 16.7 Å². The summed E-state index contributed by atoms with van der Waals surface area (Å²) in [4.78, 5) is 26.5. The Balaban J connectivity index is 1.84. The molecule has 28 heavy (non-hydrogen) atoms. The smallest absolute Gasteiger partial charge is 0.340 e. The molecule has 0 bridgehead atoms. The van der Waals surface area contributed by atoms with Crippen molar-refractivity contribution in [1.29, 1.82) is 0 Å². The van der Waals surface area contributed by atoms with Crippen molar-refractivity contribution in [2.45, 2.75) is 13.0 Å². The lowest BCUT2D eigenvalue weighted by molar-refractivity contribution is -0.127. The maximum absolute atomic E-state index is 12.9. The third-order valence-corrected chi connectivity index (χ3v) is 5.37. The third-order valence-electron chi connectivity index (χ3n) is 4.65. The lowest BCUT2D eigenvalue weighted by atomic mass is 9.96. The Morgan fingerprint density at radius 1 is 1.36 bits per heavy atom. The van der Waals surface area contributed by atoms with Gasteiger partial charge in [-0.05, 0) is 41.3 Å². The first-order valence-corrected chi connectivity index (χ1v) is 9.40. The van der Waals surface area contributed by atoms with Crippen LogP contribution in [-0.4, -0.2) is 37.0 Å². The van der Waals surface area contributed by atoms with Crippen molar-refractivity contribution >= 4 is 35.1 Å². The number of halogens is 2. The summed E-state index contributed by atoms with van der Waals surface area (Å²) in [6.07, 6.45) is 9.10. The van der Waals surface area contributed by atoms with Gasteiger partial charge in [-0.15, -0.1) is 0 Å². The van der Waals surface area contributed by atoms with Crippen molar-refractivity contribution < 1.29 is 19.1 Å². The van der Waals surface area contributed by atoms with E-state index in [4.69, 9.17) is 32.7 Å². The molecule has 0 aliphatic carbocycles. The van der Waals surface area contributed by atoms with E-state index >= 15 is 0 Å². The zero-order valence-electron chi connectivity index (χ0n) is 15.3. The molecule has 0 atom stereocenters. The zero-order chi connectivity index (χ0) is 20.3. The van der Waals surface area contributed by atoms with Gasteiger partial charge in [0.25, 0.3) is 5.91 Å². The highest BCUT2D eigenvalue weighted by Gasteiger charge is 2.28. The molecule has 1 amide bonds. The summed E-state index contributed by atoms with van der Waals surface area (Å²) in [5.74, 6) is -0.712. The molecule has 0 aromatic heterocycles. The molecule has 0 N–H and O–H groups in total. The molecular weight excluding hydrogens is 401 g/mol. The molecule has 146 valence electrons. The van der Waals surface area contributed by atoms with Crippen LogP contribution in [0.2, 0.25) is 10.0 Å². The number of hydrogen-bond donors (Lipinski definition) is 0. The number of hydrogen-bond acceptors (Lipinski definition) is 4. The molecule has 2 aliphatic rings. The molecule has 7 heteroatoms. The maximum Gasteiger partial charge on any atom is 0.340 e. The van der Waals surface area contributed by atoms with E-state index in [1.807, 2.05) is 12.2 Å². The number of allylic oxidation sites excluding steroid dienone is 2. The fraction of sp³-hybridized carbons (Fsp3) is 0.238. The van der Waals surface area contributed by atoms with E-state index in [-0.39, 0.29) is 16.5 Å². The second kappa shape index (κ2) is 8.67. The summed E-state index contributed by atoms with van der Waals surface area (Å²) >= 11 is 12.6. The van der Waals surface area contributed by atoms with E-state index in [0.29, 0.717) is 36.7 Å². The normalized spacial score (nSPS) is 17.3. The van der Waals surface area contributed by atoms with Crippen LogP contribution in [0, 0.1) is 0 Å². The number of carbonyl (C=O) groups excluding carboxylic acids is 2. The van der Waals surface area contributed by atoms with Crippen LogP contribution in [0.4, 0.5) is 0 Å². The van der Waals surface area contributed by atoms with E-state index < -0.39 is 5.97 Å². The highest BCUT2D eigenvalue weighted by molar-refractivity contribution is 6.40. The standard InChI is InChI=1S/C21H19Cl2NO4/c1-3-14(5-4-13-7-9-28-12-13)20(25)24-8-6-16-15(11-24)10-17(22)18(19(16)23)21(26)27-2/h3-5,7,9-10H,1,6,8,11-12H2,2H3/b13-4-,14-5+. The van der Waals surface area contributed by atoms with Crippen molar-refractivity contribution in [1.82, 2.24) is 4.90 Å². The largest absolute Gasteiger partial charge is 0.497 e. The van der Waals surface area contributed by atoms with Gasteiger partial charge in [0.05, 0.1) is 29.0 Å². The highest BCUT2D eigenvalue weighted by Crippen LogP contribution is 2.35. The number of carbonyl (C=O) groups is 2. The fourth-order valence-electron chi connectivity index (χ4n) is 3.15. The Morgan fingerprint density at radius 3 is 2.79 bits per heavy atom. The quantitative estimate of drug-likeness (QED) is 0.415. The molecule has 1 aromatic rings. The first-order chi connectivity index (χ1) is 13.5. The molecular formula is C21H19Cl2NO4. The van der Waals surface area contributed by atoms with Gasteiger partial charge < -0.3 is 14.4 Å². The van der Waals surface area contributed by atoms with Crippen molar-refractivity contribution in [2.24, 2.45) is 0 Å². The van der Waals surface area contributed by atoms with Gasteiger partial charge in [0.1, 0.15) is 6.61 Å². The number of ether oxygens (including phenoxy) is 2.